The minimum atomic E-state index is -0.993. The van der Waals surface area contributed by atoms with Gasteiger partial charge in [0, 0.05) is 40.3 Å². The van der Waals surface area contributed by atoms with Crippen LogP contribution in [0.1, 0.15) is 43.4 Å². The normalized spacial score (nSPS) is 12.0. The van der Waals surface area contributed by atoms with Crippen LogP contribution in [0, 0.1) is 11.3 Å². The number of hydrogen-bond acceptors (Lipinski definition) is 6. The zero-order valence-corrected chi connectivity index (χ0v) is 19.6. The molecule has 2 aromatic heterocycles. The summed E-state index contributed by atoms with van der Waals surface area (Å²) in [5, 5.41) is 10.1. The topological polar surface area (TPSA) is 105 Å². The second-order valence-corrected chi connectivity index (χ2v) is 8.86. The molecule has 1 unspecified atom stereocenters. The van der Waals surface area contributed by atoms with Crippen molar-refractivity contribution in [1.29, 1.82) is 5.26 Å². The van der Waals surface area contributed by atoms with Gasteiger partial charge in [-0.15, -0.1) is 0 Å². The average molecular weight is 466 g/mol. The first-order chi connectivity index (χ1) is 15.6. The molecule has 0 saturated heterocycles. The van der Waals surface area contributed by atoms with Crippen molar-refractivity contribution in [3.05, 3.63) is 81.0 Å². The van der Waals surface area contributed by atoms with Crippen LogP contribution in [0.4, 0.5) is 0 Å². The Hall–Kier alpha value is -3.63. The number of benzene rings is 1. The van der Waals surface area contributed by atoms with E-state index < -0.39 is 23.0 Å². The number of nitrogens with zero attached hydrogens (tertiary/aromatic N) is 2. The Kier molecular flexibility index (Phi) is 7.19. The number of carbonyl (C=O) groups excluding carboxylic acids is 1. The molecule has 1 N–H and O–H groups in total. The first kappa shape index (κ1) is 24.0. The zero-order chi connectivity index (χ0) is 24.2. The summed E-state index contributed by atoms with van der Waals surface area (Å²) in [5.74, 6) is -1.28. The van der Waals surface area contributed by atoms with E-state index in [0.29, 0.717) is 21.9 Å². The summed E-state index contributed by atoms with van der Waals surface area (Å²) in [6.07, 6.45) is 4.82. The fourth-order valence-electron chi connectivity index (χ4n) is 3.55. The van der Waals surface area contributed by atoms with Crippen molar-refractivity contribution >= 4 is 17.6 Å². The number of methoxy groups -OCH3 is 1. The van der Waals surface area contributed by atoms with Crippen LogP contribution in [0.25, 0.3) is 11.1 Å². The molecule has 0 spiro atoms. The van der Waals surface area contributed by atoms with Gasteiger partial charge in [0.05, 0.1) is 24.7 Å². The molecule has 0 bridgehead atoms. The van der Waals surface area contributed by atoms with E-state index in [1.54, 1.807) is 57.4 Å². The summed E-state index contributed by atoms with van der Waals surface area (Å²) in [6, 6.07) is 10.4. The number of esters is 1. The number of aromatic amines is 1. The summed E-state index contributed by atoms with van der Waals surface area (Å²) >= 11 is 6.23. The van der Waals surface area contributed by atoms with Gasteiger partial charge in [0.15, 0.2) is 0 Å². The van der Waals surface area contributed by atoms with Crippen molar-refractivity contribution in [2.75, 3.05) is 7.11 Å². The molecule has 0 aliphatic rings. The predicted octanol–water partition coefficient (Wildman–Crippen LogP) is 4.64. The average Bonchev–Trinajstić information content (AvgIpc) is 2.77. The third kappa shape index (κ3) is 5.60. The summed E-state index contributed by atoms with van der Waals surface area (Å²) in [7, 11) is 1.45. The van der Waals surface area contributed by atoms with Crippen LogP contribution >= 0.6 is 11.6 Å². The highest BCUT2D eigenvalue weighted by atomic mass is 35.5. The van der Waals surface area contributed by atoms with Gasteiger partial charge in [-0.3, -0.25) is 14.6 Å². The van der Waals surface area contributed by atoms with E-state index in [1.807, 2.05) is 6.07 Å². The largest absolute Gasteiger partial charge is 0.495 e. The molecule has 1 atom stereocenters. The number of rotatable bonds is 6. The molecule has 0 fully saturated rings. The molecule has 2 heterocycles. The second kappa shape index (κ2) is 9.88. The maximum atomic E-state index is 13.4. The Morgan fingerprint density at radius 2 is 2.06 bits per heavy atom. The van der Waals surface area contributed by atoms with Crippen LogP contribution in [-0.2, 0) is 16.0 Å². The monoisotopic (exact) mass is 465 g/mol. The smallest absolute Gasteiger partial charge is 0.314 e. The van der Waals surface area contributed by atoms with Gasteiger partial charge in [0.25, 0.3) is 5.56 Å². The Morgan fingerprint density at radius 3 is 2.67 bits per heavy atom. The Labute approximate surface area is 197 Å². The van der Waals surface area contributed by atoms with E-state index in [2.05, 4.69) is 16.0 Å². The van der Waals surface area contributed by atoms with Gasteiger partial charge in [-0.25, -0.2) is 0 Å². The lowest BCUT2D eigenvalue weighted by molar-refractivity contribution is -0.156. The Morgan fingerprint density at radius 1 is 1.30 bits per heavy atom. The van der Waals surface area contributed by atoms with E-state index in [0.717, 1.165) is 5.56 Å². The zero-order valence-electron chi connectivity index (χ0n) is 18.8. The number of ether oxygens (including phenoxy) is 2. The summed E-state index contributed by atoms with van der Waals surface area (Å²) in [4.78, 5) is 33.4. The molecule has 3 aromatic rings. The van der Waals surface area contributed by atoms with Crippen molar-refractivity contribution in [1.82, 2.24) is 9.97 Å². The van der Waals surface area contributed by atoms with Gasteiger partial charge in [-0.1, -0.05) is 17.7 Å². The molecule has 0 amide bonds. The fraction of sp³-hybridized carbons (Fsp3) is 0.280. The first-order valence-corrected chi connectivity index (χ1v) is 10.6. The summed E-state index contributed by atoms with van der Waals surface area (Å²) in [6.45, 7) is 5.27. The van der Waals surface area contributed by atoms with E-state index >= 15 is 0 Å². The number of hydrogen-bond donors (Lipinski definition) is 1. The first-order valence-electron chi connectivity index (χ1n) is 10.3. The highest BCUT2D eigenvalue weighted by molar-refractivity contribution is 6.31. The van der Waals surface area contributed by atoms with Crippen LogP contribution in [-0.4, -0.2) is 28.6 Å². The van der Waals surface area contributed by atoms with E-state index in [1.165, 1.54) is 13.3 Å². The maximum absolute atomic E-state index is 13.4. The molecule has 3 rings (SSSR count). The SMILES string of the molecule is COc1c[nH]c(=O)c(C(Cc2cccnc2)C(=O)OC(C)(C)C)c1-c1cc(Cl)ccc1C#N. The van der Waals surface area contributed by atoms with Crippen LogP contribution < -0.4 is 10.3 Å². The van der Waals surface area contributed by atoms with Crippen molar-refractivity contribution in [3.63, 3.8) is 0 Å². The van der Waals surface area contributed by atoms with Crippen LogP contribution in [0.5, 0.6) is 5.75 Å². The van der Waals surface area contributed by atoms with E-state index in [9.17, 15) is 14.9 Å². The molecule has 170 valence electrons. The minimum Gasteiger partial charge on any atom is -0.495 e. The number of nitriles is 1. The molecule has 8 heteroatoms. The highest BCUT2D eigenvalue weighted by Crippen LogP contribution is 2.39. The molecule has 0 radical (unpaired) electrons. The molecule has 0 saturated carbocycles. The lowest BCUT2D eigenvalue weighted by Crippen LogP contribution is -2.32. The Balaban J connectivity index is 2.32. The number of H-pyrrole nitrogens is 1. The third-order valence-corrected chi connectivity index (χ3v) is 5.12. The summed E-state index contributed by atoms with van der Waals surface area (Å²) < 4.78 is 11.2. The lowest BCUT2D eigenvalue weighted by Gasteiger charge is -2.26. The second-order valence-electron chi connectivity index (χ2n) is 8.43. The minimum absolute atomic E-state index is 0.131. The van der Waals surface area contributed by atoms with Gasteiger partial charge in [0.2, 0.25) is 0 Å². The quantitative estimate of drug-likeness (QED) is 0.532. The highest BCUT2D eigenvalue weighted by Gasteiger charge is 2.33. The molecular formula is C25H24ClN3O4. The van der Waals surface area contributed by atoms with Crippen molar-refractivity contribution < 1.29 is 14.3 Å². The van der Waals surface area contributed by atoms with Crippen molar-refractivity contribution in [2.24, 2.45) is 0 Å². The van der Waals surface area contributed by atoms with Gasteiger partial charge < -0.3 is 14.5 Å². The predicted molar refractivity (Wildman–Crippen MR) is 125 cm³/mol. The van der Waals surface area contributed by atoms with Gasteiger partial charge in [0.1, 0.15) is 11.4 Å². The Bertz CT molecular complexity index is 1260. The number of nitrogens with one attached hydrogen (secondary N) is 1. The van der Waals surface area contributed by atoms with Gasteiger partial charge in [-0.2, -0.15) is 5.26 Å². The fourth-order valence-corrected chi connectivity index (χ4v) is 3.72. The van der Waals surface area contributed by atoms with Crippen molar-refractivity contribution in [2.45, 2.75) is 38.7 Å². The number of pyridine rings is 2. The molecule has 0 aliphatic heterocycles. The van der Waals surface area contributed by atoms with Crippen LogP contribution in [0.2, 0.25) is 5.02 Å². The maximum Gasteiger partial charge on any atom is 0.314 e. The third-order valence-electron chi connectivity index (χ3n) is 4.89. The van der Waals surface area contributed by atoms with Gasteiger partial charge in [-0.05, 0) is 57.0 Å². The molecular weight excluding hydrogens is 442 g/mol. The number of halogens is 1. The standard InChI is InChI=1S/C25H24ClN3O4/c1-25(2,3)33-24(31)19(10-15-6-5-9-28-13-15)22-21(20(32-4)14-29-23(22)30)18-11-17(26)8-7-16(18)12-27/h5-9,11,13-14,19H,10H2,1-4H3,(H,29,30). The number of aromatic nitrogens is 2. The summed E-state index contributed by atoms with van der Waals surface area (Å²) in [5.41, 5.74) is 0.606. The van der Waals surface area contributed by atoms with Crippen molar-refractivity contribution in [3.8, 4) is 22.9 Å². The van der Waals surface area contributed by atoms with Crippen LogP contribution in [0.3, 0.4) is 0 Å². The van der Waals surface area contributed by atoms with E-state index in [-0.39, 0.29) is 17.5 Å². The van der Waals surface area contributed by atoms with Gasteiger partial charge >= 0.3 is 5.97 Å². The lowest BCUT2D eigenvalue weighted by atomic mass is 9.86. The molecule has 1 aromatic carbocycles. The van der Waals surface area contributed by atoms with Crippen LogP contribution in [0.15, 0.2) is 53.7 Å². The molecule has 33 heavy (non-hydrogen) atoms. The molecule has 7 nitrogen and oxygen atoms in total. The molecule has 0 aliphatic carbocycles. The number of carbonyl (C=O) groups is 1. The van der Waals surface area contributed by atoms with E-state index in [4.69, 9.17) is 21.1 Å².